The first-order valence-electron chi connectivity index (χ1n) is 5.68. The van der Waals surface area contributed by atoms with Crippen LogP contribution in [0.15, 0.2) is 30.7 Å². The van der Waals surface area contributed by atoms with E-state index in [-0.39, 0.29) is 10.6 Å². The van der Waals surface area contributed by atoms with Crippen LogP contribution in [0, 0.1) is 17.0 Å². The van der Waals surface area contributed by atoms with E-state index >= 15 is 0 Å². The Labute approximate surface area is 108 Å². The summed E-state index contributed by atoms with van der Waals surface area (Å²) < 4.78 is 3.31. The molecule has 7 heteroatoms. The Hall–Kier alpha value is -2.70. The molecule has 0 atom stereocenters. The molecule has 1 aromatic carbocycles. The lowest BCUT2D eigenvalue weighted by Gasteiger charge is -2.01. The van der Waals surface area contributed by atoms with Crippen molar-refractivity contribution in [3.63, 3.8) is 0 Å². The fraction of sp³-hybridized carbons (Fsp3) is 0.167. The molecule has 0 saturated heterocycles. The maximum atomic E-state index is 11.0. The molecular weight excluding hydrogens is 246 g/mol. The minimum atomic E-state index is -0.380. The van der Waals surface area contributed by atoms with Crippen LogP contribution in [-0.4, -0.2) is 24.5 Å². The standard InChI is InChI=1S/C12H11N5O2/c1-8-3-9-5-14-16(10-6-13-15(2)7-10)12(9)4-11(8)17(18)19/h3-7H,1-2H3. The average molecular weight is 257 g/mol. The highest BCUT2D eigenvalue weighted by atomic mass is 16.6. The molecule has 19 heavy (non-hydrogen) atoms. The Morgan fingerprint density at radius 2 is 2.05 bits per heavy atom. The van der Waals surface area contributed by atoms with E-state index in [1.54, 1.807) is 47.0 Å². The molecule has 0 aliphatic carbocycles. The van der Waals surface area contributed by atoms with Crippen LogP contribution in [0.1, 0.15) is 5.56 Å². The minimum Gasteiger partial charge on any atom is -0.274 e. The van der Waals surface area contributed by atoms with Crippen molar-refractivity contribution in [2.45, 2.75) is 6.92 Å². The first kappa shape index (κ1) is 11.4. The zero-order valence-electron chi connectivity index (χ0n) is 10.4. The van der Waals surface area contributed by atoms with Crippen LogP contribution in [0.5, 0.6) is 0 Å². The molecule has 0 saturated carbocycles. The second-order valence-electron chi connectivity index (χ2n) is 4.38. The number of nitro benzene ring substituents is 1. The predicted molar refractivity (Wildman–Crippen MR) is 69.2 cm³/mol. The average Bonchev–Trinajstić information content (AvgIpc) is 2.93. The summed E-state index contributed by atoms with van der Waals surface area (Å²) in [4.78, 5) is 10.6. The van der Waals surface area contributed by atoms with Gasteiger partial charge < -0.3 is 0 Å². The molecule has 0 fully saturated rings. The van der Waals surface area contributed by atoms with Gasteiger partial charge in [-0.25, -0.2) is 4.68 Å². The quantitative estimate of drug-likeness (QED) is 0.519. The largest absolute Gasteiger partial charge is 0.274 e. The summed E-state index contributed by atoms with van der Waals surface area (Å²) in [5.41, 5.74) is 2.20. The molecule has 0 amide bonds. The van der Waals surface area contributed by atoms with Crippen molar-refractivity contribution >= 4 is 16.6 Å². The molecule has 3 aromatic rings. The number of hydrogen-bond acceptors (Lipinski definition) is 4. The van der Waals surface area contributed by atoms with Crippen molar-refractivity contribution in [2.24, 2.45) is 7.05 Å². The number of aromatic nitrogens is 4. The van der Waals surface area contributed by atoms with E-state index in [2.05, 4.69) is 10.2 Å². The molecule has 7 nitrogen and oxygen atoms in total. The molecule has 96 valence electrons. The Bertz CT molecular complexity index is 787. The van der Waals surface area contributed by atoms with Crippen LogP contribution in [0.4, 0.5) is 5.69 Å². The van der Waals surface area contributed by atoms with E-state index in [4.69, 9.17) is 0 Å². The molecule has 0 bridgehead atoms. The summed E-state index contributed by atoms with van der Waals surface area (Å²) in [6.07, 6.45) is 5.16. The van der Waals surface area contributed by atoms with Gasteiger partial charge in [0.2, 0.25) is 0 Å². The molecular formula is C12H11N5O2. The topological polar surface area (TPSA) is 78.8 Å². The smallest absolute Gasteiger partial charge is 0.274 e. The van der Waals surface area contributed by atoms with Crippen LogP contribution in [0.3, 0.4) is 0 Å². The fourth-order valence-corrected chi connectivity index (χ4v) is 2.10. The Kier molecular flexibility index (Phi) is 2.34. The van der Waals surface area contributed by atoms with Gasteiger partial charge in [-0.05, 0) is 13.0 Å². The Morgan fingerprint density at radius 1 is 1.26 bits per heavy atom. The van der Waals surface area contributed by atoms with Crippen molar-refractivity contribution in [2.75, 3.05) is 0 Å². The number of aryl methyl sites for hydroxylation is 2. The molecule has 3 rings (SSSR count). The lowest BCUT2D eigenvalue weighted by Crippen LogP contribution is -1.96. The van der Waals surface area contributed by atoms with Gasteiger partial charge in [0, 0.05) is 24.1 Å². The van der Waals surface area contributed by atoms with Crippen molar-refractivity contribution in [1.82, 2.24) is 19.6 Å². The zero-order chi connectivity index (χ0) is 13.6. The number of nitro groups is 1. The van der Waals surface area contributed by atoms with Crippen molar-refractivity contribution < 1.29 is 4.92 Å². The highest BCUT2D eigenvalue weighted by Crippen LogP contribution is 2.26. The minimum absolute atomic E-state index is 0.0955. The summed E-state index contributed by atoms with van der Waals surface area (Å²) in [6, 6.07) is 3.32. The van der Waals surface area contributed by atoms with Gasteiger partial charge in [0.05, 0.1) is 29.0 Å². The fourth-order valence-electron chi connectivity index (χ4n) is 2.10. The van der Waals surface area contributed by atoms with Crippen LogP contribution >= 0.6 is 0 Å². The number of fused-ring (bicyclic) bond motifs is 1. The molecule has 0 radical (unpaired) electrons. The molecule has 0 spiro atoms. The summed E-state index contributed by atoms with van der Waals surface area (Å²) >= 11 is 0. The number of rotatable bonds is 2. The first-order chi connectivity index (χ1) is 9.06. The van der Waals surface area contributed by atoms with Crippen LogP contribution in [0.25, 0.3) is 16.6 Å². The lowest BCUT2D eigenvalue weighted by atomic mass is 10.1. The third-order valence-electron chi connectivity index (χ3n) is 3.02. The first-order valence-corrected chi connectivity index (χ1v) is 5.68. The van der Waals surface area contributed by atoms with E-state index in [0.29, 0.717) is 11.1 Å². The second-order valence-corrected chi connectivity index (χ2v) is 4.38. The number of nitrogens with zero attached hydrogens (tertiary/aromatic N) is 5. The van der Waals surface area contributed by atoms with Gasteiger partial charge >= 0.3 is 0 Å². The molecule has 0 N–H and O–H groups in total. The normalized spacial score (nSPS) is 11.1. The zero-order valence-corrected chi connectivity index (χ0v) is 10.4. The summed E-state index contributed by atoms with van der Waals surface area (Å²) in [6.45, 7) is 1.72. The highest BCUT2D eigenvalue weighted by Gasteiger charge is 2.15. The maximum Gasteiger partial charge on any atom is 0.274 e. The van der Waals surface area contributed by atoms with Crippen molar-refractivity contribution in [1.29, 1.82) is 0 Å². The lowest BCUT2D eigenvalue weighted by molar-refractivity contribution is -0.385. The third-order valence-corrected chi connectivity index (χ3v) is 3.02. The van der Waals surface area contributed by atoms with E-state index in [9.17, 15) is 10.1 Å². The van der Waals surface area contributed by atoms with Gasteiger partial charge in [0.25, 0.3) is 5.69 Å². The van der Waals surface area contributed by atoms with E-state index in [0.717, 1.165) is 11.1 Å². The van der Waals surface area contributed by atoms with Gasteiger partial charge in [0.1, 0.15) is 5.69 Å². The Morgan fingerprint density at radius 3 is 2.68 bits per heavy atom. The highest BCUT2D eigenvalue weighted by molar-refractivity contribution is 5.83. The van der Waals surface area contributed by atoms with Gasteiger partial charge in [-0.2, -0.15) is 10.2 Å². The molecule has 2 aromatic heterocycles. The second kappa shape index (κ2) is 3.91. The summed E-state index contributed by atoms with van der Waals surface area (Å²) in [5.74, 6) is 0. The predicted octanol–water partition coefficient (Wildman–Crippen LogP) is 1.98. The van der Waals surface area contributed by atoms with Crippen LogP contribution in [0.2, 0.25) is 0 Å². The Balaban J connectivity index is 2.27. The van der Waals surface area contributed by atoms with Crippen molar-refractivity contribution in [3.8, 4) is 5.69 Å². The van der Waals surface area contributed by atoms with Gasteiger partial charge in [0.15, 0.2) is 0 Å². The van der Waals surface area contributed by atoms with Gasteiger partial charge in [-0.3, -0.25) is 14.8 Å². The molecule has 0 unspecified atom stereocenters. The van der Waals surface area contributed by atoms with E-state index < -0.39 is 0 Å². The van der Waals surface area contributed by atoms with Crippen LogP contribution in [-0.2, 0) is 7.05 Å². The van der Waals surface area contributed by atoms with Crippen LogP contribution < -0.4 is 0 Å². The van der Waals surface area contributed by atoms with E-state index in [1.807, 2.05) is 7.05 Å². The third kappa shape index (κ3) is 1.75. The number of hydrogen-bond donors (Lipinski definition) is 0. The van der Waals surface area contributed by atoms with E-state index in [1.165, 1.54) is 0 Å². The summed E-state index contributed by atoms with van der Waals surface area (Å²) in [5, 5.41) is 20.2. The summed E-state index contributed by atoms with van der Waals surface area (Å²) in [7, 11) is 1.81. The molecule has 0 aliphatic heterocycles. The monoisotopic (exact) mass is 257 g/mol. The van der Waals surface area contributed by atoms with Gasteiger partial charge in [-0.15, -0.1) is 0 Å². The molecule has 0 aliphatic rings. The maximum absolute atomic E-state index is 11.0. The number of benzene rings is 1. The molecule has 2 heterocycles. The van der Waals surface area contributed by atoms with Crippen molar-refractivity contribution in [3.05, 3.63) is 46.4 Å². The SMILES string of the molecule is Cc1cc2cnn(-c3cnn(C)c3)c2cc1[N+](=O)[O-]. The van der Waals surface area contributed by atoms with Gasteiger partial charge in [-0.1, -0.05) is 0 Å².